The highest BCUT2D eigenvalue weighted by atomic mass is 32.1. The molecule has 0 amide bonds. The van der Waals surface area contributed by atoms with Crippen molar-refractivity contribution in [3.63, 3.8) is 0 Å². The Morgan fingerprint density at radius 1 is 1.31 bits per heavy atom. The van der Waals surface area contributed by atoms with E-state index in [0.29, 0.717) is 6.42 Å². The maximum absolute atomic E-state index is 11.8. The molecule has 0 N–H and O–H groups in total. The lowest BCUT2D eigenvalue weighted by molar-refractivity contribution is 0.0997. The number of hydrogen-bond acceptors (Lipinski definition) is 3. The van der Waals surface area contributed by atoms with Gasteiger partial charge >= 0.3 is 0 Å². The highest BCUT2D eigenvalue weighted by Gasteiger charge is 2.08. The Bertz CT molecular complexity index is 474. The Kier molecular flexibility index (Phi) is 3.37. The zero-order chi connectivity index (χ0) is 11.4. The second-order valence-corrected chi connectivity index (χ2v) is 4.38. The van der Waals surface area contributed by atoms with Crippen LogP contribution in [0.5, 0.6) is 5.75 Å². The van der Waals surface area contributed by atoms with E-state index >= 15 is 0 Å². The Hall–Kier alpha value is -1.61. The van der Waals surface area contributed by atoms with Crippen molar-refractivity contribution < 1.29 is 9.53 Å². The number of ketones is 1. The molecule has 1 heterocycles. The molecule has 0 saturated carbocycles. The molecule has 0 spiro atoms. The molecule has 1 aromatic carbocycles. The monoisotopic (exact) mass is 232 g/mol. The number of carbonyl (C=O) groups is 1. The zero-order valence-corrected chi connectivity index (χ0v) is 9.79. The van der Waals surface area contributed by atoms with Crippen LogP contribution in [0.4, 0.5) is 0 Å². The van der Waals surface area contributed by atoms with Gasteiger partial charge in [-0.2, -0.15) is 0 Å². The van der Waals surface area contributed by atoms with Crippen molar-refractivity contribution in [2.75, 3.05) is 7.11 Å². The van der Waals surface area contributed by atoms with E-state index in [4.69, 9.17) is 4.74 Å². The summed E-state index contributed by atoms with van der Waals surface area (Å²) in [7, 11) is 1.63. The van der Waals surface area contributed by atoms with Crippen molar-refractivity contribution >= 4 is 17.1 Å². The Balaban J connectivity index is 2.12. The summed E-state index contributed by atoms with van der Waals surface area (Å²) in [5, 5.41) is 1.92. The average Bonchev–Trinajstić information content (AvgIpc) is 2.83. The maximum atomic E-state index is 11.8. The van der Waals surface area contributed by atoms with Crippen LogP contribution in [0.25, 0.3) is 0 Å². The fourth-order valence-electron chi connectivity index (χ4n) is 1.49. The molecule has 3 heteroatoms. The van der Waals surface area contributed by atoms with Gasteiger partial charge in [0.15, 0.2) is 5.78 Å². The molecule has 0 atom stereocenters. The Labute approximate surface area is 98.5 Å². The first-order chi connectivity index (χ1) is 7.79. The third-order valence-corrected chi connectivity index (χ3v) is 3.21. The van der Waals surface area contributed by atoms with Crippen LogP contribution in [-0.4, -0.2) is 12.9 Å². The molecule has 82 valence electrons. The molecule has 2 aromatic rings. The summed E-state index contributed by atoms with van der Waals surface area (Å²) < 4.78 is 5.12. The summed E-state index contributed by atoms with van der Waals surface area (Å²) in [4.78, 5) is 12.7. The predicted molar refractivity (Wildman–Crippen MR) is 65.3 cm³/mol. The normalized spacial score (nSPS) is 10.1. The number of thiophene rings is 1. The molecule has 0 saturated heterocycles. The first-order valence-corrected chi connectivity index (χ1v) is 5.87. The second-order valence-electron chi connectivity index (χ2n) is 3.43. The van der Waals surface area contributed by atoms with Crippen LogP contribution in [0.1, 0.15) is 15.2 Å². The van der Waals surface area contributed by atoms with Crippen molar-refractivity contribution in [1.82, 2.24) is 0 Å². The van der Waals surface area contributed by atoms with Crippen LogP contribution >= 0.6 is 11.3 Å². The molecule has 0 bridgehead atoms. The predicted octanol–water partition coefficient (Wildman–Crippen LogP) is 3.18. The van der Waals surface area contributed by atoms with Gasteiger partial charge in [0.05, 0.1) is 12.0 Å². The summed E-state index contributed by atoms with van der Waals surface area (Å²) in [6.45, 7) is 0. The van der Waals surface area contributed by atoms with Gasteiger partial charge in [-0.25, -0.2) is 0 Å². The van der Waals surface area contributed by atoms with Crippen molar-refractivity contribution in [2.24, 2.45) is 0 Å². The number of hydrogen-bond donors (Lipinski definition) is 0. The first kappa shape index (κ1) is 10.9. The van der Waals surface area contributed by atoms with Gasteiger partial charge in [-0.15, -0.1) is 11.3 Å². The smallest absolute Gasteiger partial charge is 0.177 e. The van der Waals surface area contributed by atoms with Crippen molar-refractivity contribution in [3.05, 3.63) is 52.2 Å². The van der Waals surface area contributed by atoms with Gasteiger partial charge in [0.2, 0.25) is 0 Å². The molecule has 0 aliphatic rings. The van der Waals surface area contributed by atoms with Gasteiger partial charge in [-0.1, -0.05) is 18.2 Å². The van der Waals surface area contributed by atoms with Crippen molar-refractivity contribution in [2.45, 2.75) is 6.42 Å². The Morgan fingerprint density at radius 3 is 2.88 bits per heavy atom. The first-order valence-electron chi connectivity index (χ1n) is 4.99. The van der Waals surface area contributed by atoms with Gasteiger partial charge in [0.1, 0.15) is 5.75 Å². The fourth-order valence-corrected chi connectivity index (χ4v) is 2.16. The lowest BCUT2D eigenvalue weighted by atomic mass is 10.1. The number of carbonyl (C=O) groups excluding carboxylic acids is 1. The largest absolute Gasteiger partial charge is 0.497 e. The lowest BCUT2D eigenvalue weighted by Crippen LogP contribution is -2.01. The third-order valence-electron chi connectivity index (χ3n) is 2.29. The minimum Gasteiger partial charge on any atom is -0.497 e. The number of rotatable bonds is 4. The SMILES string of the molecule is COc1cccc(CC(=O)c2cccs2)c1. The zero-order valence-electron chi connectivity index (χ0n) is 8.97. The summed E-state index contributed by atoms with van der Waals surface area (Å²) in [5.41, 5.74) is 0.984. The Morgan fingerprint density at radius 2 is 2.19 bits per heavy atom. The van der Waals surface area contributed by atoms with E-state index in [9.17, 15) is 4.79 Å². The van der Waals surface area contributed by atoms with Gasteiger partial charge in [-0.3, -0.25) is 4.79 Å². The van der Waals surface area contributed by atoms with Gasteiger partial charge in [0, 0.05) is 6.42 Å². The molecule has 0 aliphatic carbocycles. The topological polar surface area (TPSA) is 26.3 Å². The third kappa shape index (κ3) is 2.49. The molecule has 16 heavy (non-hydrogen) atoms. The lowest BCUT2D eigenvalue weighted by Gasteiger charge is -2.02. The summed E-state index contributed by atoms with van der Waals surface area (Å²) in [6, 6.07) is 11.4. The summed E-state index contributed by atoms with van der Waals surface area (Å²) in [5.74, 6) is 0.944. The second kappa shape index (κ2) is 4.94. The van der Waals surface area contributed by atoms with E-state index < -0.39 is 0 Å². The van der Waals surface area contributed by atoms with Crippen LogP contribution in [0.2, 0.25) is 0 Å². The van der Waals surface area contributed by atoms with E-state index in [0.717, 1.165) is 16.2 Å². The number of methoxy groups -OCH3 is 1. The van der Waals surface area contributed by atoms with E-state index in [-0.39, 0.29) is 5.78 Å². The van der Waals surface area contributed by atoms with E-state index in [1.807, 2.05) is 41.8 Å². The molecular formula is C13H12O2S. The van der Waals surface area contributed by atoms with Gasteiger partial charge in [0.25, 0.3) is 0 Å². The number of Topliss-reactive ketones (excluding diaryl/α,β-unsaturated/α-hetero) is 1. The minimum absolute atomic E-state index is 0.156. The highest BCUT2D eigenvalue weighted by molar-refractivity contribution is 7.12. The molecule has 0 unspecified atom stereocenters. The van der Waals surface area contributed by atoms with Gasteiger partial charge < -0.3 is 4.74 Å². The number of benzene rings is 1. The van der Waals surface area contributed by atoms with Crippen molar-refractivity contribution in [1.29, 1.82) is 0 Å². The van der Waals surface area contributed by atoms with Crippen molar-refractivity contribution in [3.8, 4) is 5.75 Å². The van der Waals surface area contributed by atoms with Crippen LogP contribution in [0, 0.1) is 0 Å². The fraction of sp³-hybridized carbons (Fsp3) is 0.154. The van der Waals surface area contributed by atoms with E-state index in [1.165, 1.54) is 11.3 Å². The van der Waals surface area contributed by atoms with E-state index in [1.54, 1.807) is 7.11 Å². The average molecular weight is 232 g/mol. The van der Waals surface area contributed by atoms with Crippen LogP contribution in [-0.2, 0) is 6.42 Å². The standard InChI is InChI=1S/C13H12O2S/c1-15-11-5-2-4-10(8-11)9-12(14)13-6-3-7-16-13/h2-8H,9H2,1H3. The molecular weight excluding hydrogens is 220 g/mol. The van der Waals surface area contributed by atoms with E-state index in [2.05, 4.69) is 0 Å². The highest BCUT2D eigenvalue weighted by Crippen LogP contribution is 2.16. The van der Waals surface area contributed by atoms with Crippen LogP contribution < -0.4 is 4.74 Å². The maximum Gasteiger partial charge on any atom is 0.177 e. The molecule has 1 aromatic heterocycles. The molecule has 0 aliphatic heterocycles. The summed E-state index contributed by atoms with van der Waals surface area (Å²) in [6.07, 6.45) is 0.428. The number of ether oxygens (including phenoxy) is 1. The molecule has 0 radical (unpaired) electrons. The summed E-state index contributed by atoms with van der Waals surface area (Å²) >= 11 is 1.48. The molecule has 2 rings (SSSR count). The quantitative estimate of drug-likeness (QED) is 0.757. The molecule has 0 fully saturated rings. The van der Waals surface area contributed by atoms with Crippen LogP contribution in [0.3, 0.4) is 0 Å². The molecule has 2 nitrogen and oxygen atoms in total. The van der Waals surface area contributed by atoms with Crippen LogP contribution in [0.15, 0.2) is 41.8 Å². The minimum atomic E-state index is 0.156. The van der Waals surface area contributed by atoms with Gasteiger partial charge in [-0.05, 0) is 29.1 Å².